The molecule has 0 radical (unpaired) electrons. The van der Waals surface area contributed by atoms with Crippen LogP contribution in [-0.4, -0.2) is 23.7 Å². The summed E-state index contributed by atoms with van der Waals surface area (Å²) >= 11 is 0. The van der Waals surface area contributed by atoms with Crippen molar-refractivity contribution >= 4 is 17.8 Å². The number of amides is 1. The molecule has 7 nitrogen and oxygen atoms in total. The lowest BCUT2D eigenvalue weighted by Gasteiger charge is -2.03. The van der Waals surface area contributed by atoms with Crippen molar-refractivity contribution in [2.24, 2.45) is 5.10 Å². The van der Waals surface area contributed by atoms with Crippen molar-refractivity contribution in [1.29, 1.82) is 0 Å². The Balaban J connectivity index is 2.00. The normalized spacial score (nSPS) is 10.3. The number of hydrazone groups is 1. The maximum Gasteiger partial charge on any atom is 0.271 e. The molecule has 0 aliphatic carbocycles. The molecule has 122 valence electrons. The van der Waals surface area contributed by atoms with Crippen LogP contribution in [0.4, 0.5) is 5.69 Å². The Morgan fingerprint density at radius 2 is 2.08 bits per heavy atom. The number of hydrogen-bond donors (Lipinski definition) is 1. The largest absolute Gasteiger partial charge is 0.490 e. The third-order valence-corrected chi connectivity index (χ3v) is 2.92. The second kappa shape index (κ2) is 8.23. The zero-order valence-corrected chi connectivity index (χ0v) is 12.7. The van der Waals surface area contributed by atoms with Gasteiger partial charge >= 0.3 is 0 Å². The van der Waals surface area contributed by atoms with E-state index in [2.05, 4.69) is 17.1 Å². The maximum atomic E-state index is 11.9. The van der Waals surface area contributed by atoms with Crippen molar-refractivity contribution < 1.29 is 14.5 Å². The van der Waals surface area contributed by atoms with Crippen LogP contribution in [0.2, 0.25) is 0 Å². The van der Waals surface area contributed by atoms with Crippen molar-refractivity contribution in [2.45, 2.75) is 0 Å². The summed E-state index contributed by atoms with van der Waals surface area (Å²) in [6.45, 7) is 3.97. The second-order valence-electron chi connectivity index (χ2n) is 4.68. The fourth-order valence-corrected chi connectivity index (χ4v) is 1.83. The van der Waals surface area contributed by atoms with Gasteiger partial charge in [0.25, 0.3) is 11.6 Å². The van der Waals surface area contributed by atoms with Gasteiger partial charge in [-0.25, -0.2) is 5.43 Å². The molecule has 7 heteroatoms. The Bertz CT molecular complexity index is 787. The standard InChI is InChI=1S/C17H15N3O4/c1-2-9-24-16-8-3-5-13(10-16)12-18-19-17(21)14-6-4-7-15(11-14)20(22)23/h2-8,10-12H,1,9H2,(H,19,21)/b18-12-. The molecule has 0 atom stereocenters. The van der Waals surface area contributed by atoms with Crippen LogP contribution >= 0.6 is 0 Å². The van der Waals surface area contributed by atoms with Gasteiger partial charge in [0.05, 0.1) is 11.1 Å². The number of rotatable bonds is 7. The first-order chi connectivity index (χ1) is 11.6. The molecular formula is C17H15N3O4. The molecule has 0 saturated carbocycles. The van der Waals surface area contributed by atoms with E-state index in [1.165, 1.54) is 30.5 Å². The molecule has 0 aromatic heterocycles. The number of nitrogens with one attached hydrogen (secondary N) is 1. The number of nitro benzene ring substituents is 1. The molecule has 0 fully saturated rings. The highest BCUT2D eigenvalue weighted by Crippen LogP contribution is 2.13. The van der Waals surface area contributed by atoms with Crippen LogP contribution in [-0.2, 0) is 0 Å². The molecule has 0 bridgehead atoms. The molecule has 0 unspecified atom stereocenters. The van der Waals surface area contributed by atoms with Crippen LogP contribution in [0.25, 0.3) is 0 Å². The van der Waals surface area contributed by atoms with Crippen molar-refractivity contribution in [3.63, 3.8) is 0 Å². The highest BCUT2D eigenvalue weighted by atomic mass is 16.6. The van der Waals surface area contributed by atoms with Gasteiger partial charge in [-0.05, 0) is 23.8 Å². The summed E-state index contributed by atoms with van der Waals surface area (Å²) in [6.07, 6.45) is 3.09. The van der Waals surface area contributed by atoms with Gasteiger partial charge in [-0.1, -0.05) is 30.9 Å². The third kappa shape index (κ3) is 4.77. The van der Waals surface area contributed by atoms with E-state index in [1.54, 1.807) is 30.3 Å². The van der Waals surface area contributed by atoms with Gasteiger partial charge in [0, 0.05) is 17.7 Å². The highest BCUT2D eigenvalue weighted by molar-refractivity contribution is 5.95. The molecule has 0 aliphatic heterocycles. The molecule has 24 heavy (non-hydrogen) atoms. The summed E-state index contributed by atoms with van der Waals surface area (Å²) in [5.74, 6) is 0.123. The van der Waals surface area contributed by atoms with Crippen LogP contribution in [0.5, 0.6) is 5.75 Å². The zero-order valence-electron chi connectivity index (χ0n) is 12.7. The van der Waals surface area contributed by atoms with E-state index in [4.69, 9.17) is 4.74 Å². The minimum absolute atomic E-state index is 0.154. The van der Waals surface area contributed by atoms with Crippen LogP contribution in [0.3, 0.4) is 0 Å². The summed E-state index contributed by atoms with van der Waals surface area (Å²) in [7, 11) is 0. The minimum Gasteiger partial charge on any atom is -0.490 e. The Hall–Kier alpha value is -3.48. The molecule has 1 amide bonds. The van der Waals surface area contributed by atoms with Crippen LogP contribution in [0.1, 0.15) is 15.9 Å². The average Bonchev–Trinajstić information content (AvgIpc) is 2.60. The SMILES string of the molecule is C=CCOc1cccc(/C=N\NC(=O)c2cccc([N+](=O)[O-])c2)c1. The first-order valence-corrected chi connectivity index (χ1v) is 7.02. The number of carbonyl (C=O) groups excluding carboxylic acids is 1. The van der Waals surface area contributed by atoms with E-state index in [0.29, 0.717) is 12.4 Å². The van der Waals surface area contributed by atoms with Gasteiger partial charge < -0.3 is 4.74 Å². The predicted molar refractivity (Wildman–Crippen MR) is 90.3 cm³/mol. The van der Waals surface area contributed by atoms with E-state index >= 15 is 0 Å². The minimum atomic E-state index is -0.561. The van der Waals surface area contributed by atoms with Gasteiger partial charge in [-0.2, -0.15) is 5.10 Å². The van der Waals surface area contributed by atoms with Crippen LogP contribution in [0, 0.1) is 10.1 Å². The first kappa shape index (κ1) is 16.9. The van der Waals surface area contributed by atoms with Crippen molar-refractivity contribution in [3.05, 3.63) is 82.4 Å². The topological polar surface area (TPSA) is 93.8 Å². The van der Waals surface area contributed by atoms with Crippen LogP contribution in [0.15, 0.2) is 66.3 Å². The lowest BCUT2D eigenvalue weighted by molar-refractivity contribution is -0.384. The quantitative estimate of drug-likeness (QED) is 0.366. The number of hydrogen-bond acceptors (Lipinski definition) is 5. The Kier molecular flexibility index (Phi) is 5.79. The van der Waals surface area contributed by atoms with Gasteiger partial charge in [0.2, 0.25) is 0 Å². The Morgan fingerprint density at radius 3 is 2.83 bits per heavy atom. The molecule has 0 heterocycles. The number of carbonyl (C=O) groups is 1. The van der Waals surface area contributed by atoms with Gasteiger partial charge in [0.15, 0.2) is 0 Å². The summed E-state index contributed by atoms with van der Waals surface area (Å²) < 4.78 is 5.40. The summed E-state index contributed by atoms with van der Waals surface area (Å²) in [5.41, 5.74) is 3.06. The predicted octanol–water partition coefficient (Wildman–Crippen LogP) is 2.92. The lowest BCUT2D eigenvalue weighted by atomic mass is 10.2. The van der Waals surface area contributed by atoms with Gasteiger partial charge in [-0.3, -0.25) is 14.9 Å². The van der Waals surface area contributed by atoms with Gasteiger partial charge in [-0.15, -0.1) is 0 Å². The monoisotopic (exact) mass is 325 g/mol. The van der Waals surface area contributed by atoms with E-state index in [9.17, 15) is 14.9 Å². The average molecular weight is 325 g/mol. The van der Waals surface area contributed by atoms with E-state index < -0.39 is 10.8 Å². The van der Waals surface area contributed by atoms with E-state index in [-0.39, 0.29) is 11.3 Å². The highest BCUT2D eigenvalue weighted by Gasteiger charge is 2.10. The fourth-order valence-electron chi connectivity index (χ4n) is 1.83. The van der Waals surface area contributed by atoms with Crippen molar-refractivity contribution in [1.82, 2.24) is 5.43 Å². The molecule has 1 N–H and O–H groups in total. The van der Waals surface area contributed by atoms with E-state index in [1.807, 2.05) is 0 Å². The zero-order chi connectivity index (χ0) is 17.4. The number of nitrogens with zero attached hydrogens (tertiary/aromatic N) is 2. The maximum absolute atomic E-state index is 11.9. The molecule has 2 rings (SSSR count). The molecule has 2 aromatic carbocycles. The second-order valence-corrected chi connectivity index (χ2v) is 4.68. The van der Waals surface area contributed by atoms with Gasteiger partial charge in [0.1, 0.15) is 12.4 Å². The van der Waals surface area contributed by atoms with E-state index in [0.717, 1.165) is 5.56 Å². The summed E-state index contributed by atoms with van der Waals surface area (Å²) in [6, 6.07) is 12.6. The summed E-state index contributed by atoms with van der Waals surface area (Å²) in [4.78, 5) is 22.1. The number of nitro groups is 1. The number of benzene rings is 2. The van der Waals surface area contributed by atoms with Crippen LogP contribution < -0.4 is 10.2 Å². The first-order valence-electron chi connectivity index (χ1n) is 7.02. The molecule has 0 spiro atoms. The molecular weight excluding hydrogens is 310 g/mol. The third-order valence-electron chi connectivity index (χ3n) is 2.92. The molecule has 0 saturated heterocycles. The molecule has 2 aromatic rings. The smallest absolute Gasteiger partial charge is 0.271 e. The number of ether oxygens (including phenoxy) is 1. The Morgan fingerprint density at radius 1 is 1.29 bits per heavy atom. The molecule has 0 aliphatic rings. The van der Waals surface area contributed by atoms with Crippen molar-refractivity contribution in [2.75, 3.05) is 6.61 Å². The Labute approximate surface area is 138 Å². The number of non-ortho nitro benzene ring substituents is 1. The van der Waals surface area contributed by atoms with Crippen molar-refractivity contribution in [3.8, 4) is 5.75 Å². The summed E-state index contributed by atoms with van der Waals surface area (Å²) in [5, 5.41) is 14.6. The fraction of sp³-hybridized carbons (Fsp3) is 0.0588. The lowest BCUT2D eigenvalue weighted by Crippen LogP contribution is -2.17.